The molecule has 37 heavy (non-hydrogen) atoms. The molecule has 5 heterocycles. The molecule has 3 aromatic rings. The number of hydrogen-bond donors (Lipinski definition) is 5. The van der Waals surface area contributed by atoms with Gasteiger partial charge in [-0.15, -0.1) is 11.3 Å². The largest absolute Gasteiger partial charge is 0.367 e. The van der Waals surface area contributed by atoms with E-state index < -0.39 is 11.9 Å². The number of carbonyl (C=O) groups is 3. The van der Waals surface area contributed by atoms with Crippen molar-refractivity contribution in [1.82, 2.24) is 35.9 Å². The van der Waals surface area contributed by atoms with Crippen molar-refractivity contribution >= 4 is 46.7 Å². The number of piperidine rings is 1. The number of fused-ring (bicyclic) bond motifs is 1. The smallest absolute Gasteiger partial charge is 0.326 e. The number of carbonyl (C=O) groups excluding carboxylic acids is 3. The third kappa shape index (κ3) is 5.20. The average molecular weight is 521 g/mol. The first-order valence-electron chi connectivity index (χ1n) is 12.6. The Morgan fingerprint density at radius 2 is 2.08 bits per heavy atom. The van der Waals surface area contributed by atoms with Crippen LogP contribution in [0, 0.1) is 0 Å². The molecule has 6 rings (SSSR count). The molecule has 1 aliphatic carbocycles. The lowest BCUT2D eigenvalue weighted by Crippen LogP contribution is -2.37. The number of thiophene rings is 1. The van der Waals surface area contributed by atoms with E-state index in [1.807, 2.05) is 18.2 Å². The summed E-state index contributed by atoms with van der Waals surface area (Å²) in [6.45, 7) is 1.70. The number of hydrogen-bond acceptors (Lipinski definition) is 8. The highest BCUT2D eigenvalue weighted by molar-refractivity contribution is 7.17. The molecule has 1 saturated carbocycles. The van der Waals surface area contributed by atoms with E-state index in [2.05, 4.69) is 31.7 Å². The van der Waals surface area contributed by atoms with Gasteiger partial charge in [0, 0.05) is 30.3 Å². The van der Waals surface area contributed by atoms with Gasteiger partial charge >= 0.3 is 6.03 Å². The van der Waals surface area contributed by atoms with Gasteiger partial charge in [-0.1, -0.05) is 6.42 Å². The molecule has 12 heteroatoms. The third-order valence-corrected chi connectivity index (χ3v) is 7.83. The van der Waals surface area contributed by atoms with Gasteiger partial charge in [0.1, 0.15) is 11.5 Å². The van der Waals surface area contributed by atoms with E-state index in [-0.39, 0.29) is 11.6 Å². The number of nitrogens with zero attached hydrogens (tertiary/aromatic N) is 3. The average Bonchev–Trinajstić information content (AvgIpc) is 3.26. The molecule has 3 fully saturated rings. The van der Waals surface area contributed by atoms with Crippen LogP contribution in [-0.2, 0) is 4.79 Å². The fraction of sp³-hybridized carbons (Fsp3) is 0.400. The van der Waals surface area contributed by atoms with E-state index in [1.165, 1.54) is 24.2 Å². The van der Waals surface area contributed by atoms with Crippen LogP contribution in [-0.4, -0.2) is 57.6 Å². The first-order valence-corrected chi connectivity index (χ1v) is 13.5. The Morgan fingerprint density at radius 3 is 2.84 bits per heavy atom. The summed E-state index contributed by atoms with van der Waals surface area (Å²) in [6.07, 6.45) is 9.91. The molecule has 5 N–H and O–H groups in total. The minimum absolute atomic E-state index is 0.0813. The van der Waals surface area contributed by atoms with Gasteiger partial charge in [-0.2, -0.15) is 9.61 Å². The van der Waals surface area contributed by atoms with Gasteiger partial charge in [0.25, 0.3) is 11.8 Å². The van der Waals surface area contributed by atoms with Crippen molar-refractivity contribution < 1.29 is 14.4 Å². The molecule has 3 aliphatic rings. The third-order valence-electron chi connectivity index (χ3n) is 6.72. The molecular formula is C25H28N8O3S. The number of amides is 4. The van der Waals surface area contributed by atoms with Crippen LogP contribution in [0.25, 0.3) is 22.3 Å². The summed E-state index contributed by atoms with van der Waals surface area (Å²) in [5, 5.41) is 19.2. The molecule has 0 radical (unpaired) electrons. The number of imide groups is 1. The maximum absolute atomic E-state index is 12.8. The fourth-order valence-electron chi connectivity index (χ4n) is 4.60. The summed E-state index contributed by atoms with van der Waals surface area (Å²) in [5.74, 6) is 0.207. The standard InChI is InChI=1S/C25H28N8O3S/c34-23-18(31-25(36)32-23)11-14-13-28-33-21(29-16-4-5-16)12-17(30-22(14)33)19-6-7-20(37-19)24(35)27-10-8-15-3-1-2-9-26-15/h6-7,11-13,15-16,26,29H,1-5,8-10H2,(H,27,35)(H2,31,32,34,36)/b18-11-. The zero-order valence-corrected chi connectivity index (χ0v) is 21.0. The second kappa shape index (κ2) is 9.94. The van der Waals surface area contributed by atoms with Gasteiger partial charge in [-0.3, -0.25) is 14.9 Å². The summed E-state index contributed by atoms with van der Waals surface area (Å²) in [6, 6.07) is 5.96. The molecule has 11 nitrogen and oxygen atoms in total. The number of aromatic nitrogens is 3. The molecule has 0 aromatic carbocycles. The Morgan fingerprint density at radius 1 is 1.19 bits per heavy atom. The quantitative estimate of drug-likeness (QED) is 0.227. The Hall–Kier alpha value is -3.77. The summed E-state index contributed by atoms with van der Waals surface area (Å²) in [4.78, 5) is 42.6. The predicted molar refractivity (Wildman–Crippen MR) is 140 cm³/mol. The molecular weight excluding hydrogens is 492 g/mol. The van der Waals surface area contributed by atoms with Crippen molar-refractivity contribution in [3.05, 3.63) is 40.5 Å². The van der Waals surface area contributed by atoms with Crippen LogP contribution in [0.5, 0.6) is 0 Å². The monoisotopic (exact) mass is 520 g/mol. The van der Waals surface area contributed by atoms with Crippen LogP contribution in [0.4, 0.5) is 10.6 Å². The summed E-state index contributed by atoms with van der Waals surface area (Å²) in [5.41, 5.74) is 1.98. The minimum atomic E-state index is -0.558. The van der Waals surface area contributed by atoms with Crippen molar-refractivity contribution in [2.24, 2.45) is 0 Å². The maximum Gasteiger partial charge on any atom is 0.326 e. The lowest BCUT2D eigenvalue weighted by atomic mass is 10.0. The Kier molecular flexibility index (Phi) is 6.35. The second-order valence-electron chi connectivity index (χ2n) is 9.60. The van der Waals surface area contributed by atoms with Crippen molar-refractivity contribution in [3.63, 3.8) is 0 Å². The van der Waals surface area contributed by atoms with Crippen LogP contribution >= 0.6 is 11.3 Å². The Bertz CT molecular complexity index is 1400. The molecule has 192 valence electrons. The van der Waals surface area contributed by atoms with Crippen LogP contribution in [0.3, 0.4) is 0 Å². The van der Waals surface area contributed by atoms with E-state index in [9.17, 15) is 14.4 Å². The summed E-state index contributed by atoms with van der Waals surface area (Å²) in [7, 11) is 0. The molecule has 0 spiro atoms. The minimum Gasteiger partial charge on any atom is -0.367 e. The predicted octanol–water partition coefficient (Wildman–Crippen LogP) is 2.47. The highest BCUT2D eigenvalue weighted by Gasteiger charge is 2.26. The van der Waals surface area contributed by atoms with Gasteiger partial charge in [0.2, 0.25) is 0 Å². The van der Waals surface area contributed by atoms with E-state index in [0.717, 1.165) is 42.9 Å². The second-order valence-corrected chi connectivity index (χ2v) is 10.7. The molecule has 3 aromatic heterocycles. The van der Waals surface area contributed by atoms with E-state index in [4.69, 9.17) is 4.98 Å². The maximum atomic E-state index is 12.8. The van der Waals surface area contributed by atoms with E-state index >= 15 is 0 Å². The van der Waals surface area contributed by atoms with Crippen molar-refractivity contribution in [3.8, 4) is 10.6 Å². The highest BCUT2D eigenvalue weighted by Crippen LogP contribution is 2.32. The van der Waals surface area contributed by atoms with Crippen LogP contribution < -0.4 is 26.6 Å². The van der Waals surface area contributed by atoms with Gasteiger partial charge in [-0.05, 0) is 56.9 Å². The summed E-state index contributed by atoms with van der Waals surface area (Å²) >= 11 is 1.39. The summed E-state index contributed by atoms with van der Waals surface area (Å²) < 4.78 is 1.70. The fourth-order valence-corrected chi connectivity index (χ4v) is 5.48. The van der Waals surface area contributed by atoms with Crippen LogP contribution in [0.15, 0.2) is 30.1 Å². The lowest BCUT2D eigenvalue weighted by Gasteiger charge is -2.23. The zero-order chi connectivity index (χ0) is 25.4. The van der Waals surface area contributed by atoms with Gasteiger partial charge in [-0.25, -0.2) is 9.78 Å². The first-order chi connectivity index (χ1) is 18.0. The molecule has 0 bridgehead atoms. The number of urea groups is 1. The molecule has 1 unspecified atom stereocenters. The van der Waals surface area contributed by atoms with E-state index in [1.54, 1.807) is 16.8 Å². The molecule has 4 amide bonds. The van der Waals surface area contributed by atoms with E-state index in [0.29, 0.717) is 40.4 Å². The highest BCUT2D eigenvalue weighted by atomic mass is 32.1. The van der Waals surface area contributed by atoms with Gasteiger partial charge in [0.15, 0.2) is 5.65 Å². The first kappa shape index (κ1) is 23.6. The van der Waals surface area contributed by atoms with Gasteiger partial charge < -0.3 is 21.3 Å². The molecule has 1 atom stereocenters. The van der Waals surface area contributed by atoms with Crippen LogP contribution in [0.2, 0.25) is 0 Å². The SMILES string of the molecule is O=C1NC(=O)/C(=C/c2cnn3c(NC4CC4)cc(-c4ccc(C(=O)NCCC5CCCCN5)s4)nc23)N1. The topological polar surface area (TPSA) is 142 Å². The van der Waals surface area contributed by atoms with Crippen molar-refractivity contribution in [2.45, 2.75) is 50.6 Å². The van der Waals surface area contributed by atoms with Crippen molar-refractivity contribution in [1.29, 1.82) is 0 Å². The zero-order valence-electron chi connectivity index (χ0n) is 20.2. The Labute approximate surface area is 217 Å². The number of anilines is 1. The normalized spacial score (nSPS) is 20.8. The number of rotatable bonds is 8. The molecule has 2 aliphatic heterocycles. The van der Waals surface area contributed by atoms with Crippen molar-refractivity contribution in [2.75, 3.05) is 18.4 Å². The molecule has 2 saturated heterocycles. The Balaban J connectivity index is 1.25. The lowest BCUT2D eigenvalue weighted by molar-refractivity contribution is -0.115. The number of nitrogens with one attached hydrogen (secondary N) is 5. The van der Waals surface area contributed by atoms with Crippen LogP contribution in [0.1, 0.15) is 53.8 Å². The van der Waals surface area contributed by atoms with Gasteiger partial charge in [0.05, 0.1) is 21.6 Å².